The van der Waals surface area contributed by atoms with E-state index in [1.54, 1.807) is 6.07 Å². The number of nitrogens with one attached hydrogen (secondary N) is 1. The minimum absolute atomic E-state index is 0.184. The Kier molecular flexibility index (Phi) is 3.31. The molecule has 0 spiro atoms. The molecule has 1 unspecified atom stereocenters. The number of hydrogen-bond donors (Lipinski definition) is 2. The summed E-state index contributed by atoms with van der Waals surface area (Å²) in [6.45, 7) is 2.01. The first-order valence-electron chi connectivity index (χ1n) is 5.88. The van der Waals surface area contributed by atoms with Crippen LogP contribution in [0.1, 0.15) is 36.5 Å². The predicted molar refractivity (Wildman–Crippen MR) is 63.8 cm³/mol. The smallest absolute Gasteiger partial charge is 0.340 e. The van der Waals surface area contributed by atoms with Crippen LogP contribution in [0.2, 0.25) is 0 Å². The van der Waals surface area contributed by atoms with Gasteiger partial charge in [0.1, 0.15) is 11.4 Å². The van der Waals surface area contributed by atoms with Gasteiger partial charge in [-0.25, -0.2) is 9.18 Å². The lowest BCUT2D eigenvalue weighted by molar-refractivity contribution is 0.0693. The molecule has 0 saturated heterocycles. The van der Waals surface area contributed by atoms with E-state index in [-0.39, 0.29) is 11.6 Å². The van der Waals surface area contributed by atoms with E-state index in [1.165, 1.54) is 18.6 Å². The van der Waals surface area contributed by atoms with E-state index < -0.39 is 11.8 Å². The van der Waals surface area contributed by atoms with Crippen LogP contribution in [0.4, 0.5) is 10.1 Å². The molecule has 2 N–H and O–H groups in total. The van der Waals surface area contributed by atoms with Gasteiger partial charge in [0.05, 0.1) is 5.69 Å². The number of aromatic carboxylic acids is 1. The standard InChI is InChI=1S/C13H16FNO2/c1-8(9-4-2-5-9)15-11-7-3-6-10(14)12(11)13(16)17/h3,6-9,15H,2,4-5H2,1H3,(H,16,17). The molecule has 1 aromatic rings. The molecule has 1 aliphatic rings. The van der Waals surface area contributed by atoms with Crippen molar-refractivity contribution in [2.24, 2.45) is 5.92 Å². The van der Waals surface area contributed by atoms with Gasteiger partial charge in [-0.1, -0.05) is 12.5 Å². The van der Waals surface area contributed by atoms with Gasteiger partial charge in [0.2, 0.25) is 0 Å². The number of rotatable bonds is 4. The number of carboxylic acid groups (broad SMARTS) is 1. The number of carboxylic acids is 1. The molecule has 2 rings (SSSR count). The van der Waals surface area contributed by atoms with Gasteiger partial charge in [-0.3, -0.25) is 0 Å². The Bertz CT molecular complexity index is 429. The zero-order valence-electron chi connectivity index (χ0n) is 9.74. The van der Waals surface area contributed by atoms with Crippen LogP contribution in [0.25, 0.3) is 0 Å². The quantitative estimate of drug-likeness (QED) is 0.845. The number of halogens is 1. The van der Waals surface area contributed by atoms with E-state index in [1.807, 2.05) is 6.92 Å². The molecule has 0 aromatic heterocycles. The number of carbonyl (C=O) groups is 1. The summed E-state index contributed by atoms with van der Waals surface area (Å²) in [6.07, 6.45) is 3.55. The number of anilines is 1. The van der Waals surface area contributed by atoms with E-state index in [4.69, 9.17) is 5.11 Å². The fourth-order valence-corrected chi connectivity index (χ4v) is 2.16. The number of benzene rings is 1. The van der Waals surface area contributed by atoms with Gasteiger partial charge in [-0.05, 0) is 37.8 Å². The van der Waals surface area contributed by atoms with Crippen molar-refractivity contribution >= 4 is 11.7 Å². The van der Waals surface area contributed by atoms with Gasteiger partial charge in [0, 0.05) is 6.04 Å². The molecule has 1 fully saturated rings. The molecular formula is C13H16FNO2. The average molecular weight is 237 g/mol. The van der Waals surface area contributed by atoms with Crippen molar-refractivity contribution in [2.45, 2.75) is 32.2 Å². The zero-order chi connectivity index (χ0) is 12.4. The maximum Gasteiger partial charge on any atom is 0.340 e. The Hall–Kier alpha value is -1.58. The van der Waals surface area contributed by atoms with Gasteiger partial charge < -0.3 is 10.4 Å². The molecule has 1 aromatic carbocycles. The third-order valence-corrected chi connectivity index (χ3v) is 3.47. The SMILES string of the molecule is CC(Nc1cccc(F)c1C(=O)O)C1CCC1. The van der Waals surface area contributed by atoms with E-state index in [0.29, 0.717) is 11.6 Å². The van der Waals surface area contributed by atoms with Crippen LogP contribution in [0.15, 0.2) is 18.2 Å². The summed E-state index contributed by atoms with van der Waals surface area (Å²) in [5.41, 5.74) is 0.107. The first-order chi connectivity index (χ1) is 8.09. The van der Waals surface area contributed by atoms with Gasteiger partial charge >= 0.3 is 5.97 Å². The highest BCUT2D eigenvalue weighted by atomic mass is 19.1. The van der Waals surface area contributed by atoms with E-state index in [0.717, 1.165) is 12.8 Å². The lowest BCUT2D eigenvalue weighted by atomic mass is 9.80. The summed E-state index contributed by atoms with van der Waals surface area (Å²) in [7, 11) is 0. The average Bonchev–Trinajstić information content (AvgIpc) is 2.13. The highest BCUT2D eigenvalue weighted by Gasteiger charge is 2.25. The van der Waals surface area contributed by atoms with Crippen molar-refractivity contribution in [1.82, 2.24) is 0 Å². The van der Waals surface area contributed by atoms with Crippen LogP contribution in [-0.2, 0) is 0 Å². The molecule has 0 bridgehead atoms. The second kappa shape index (κ2) is 4.73. The topological polar surface area (TPSA) is 49.3 Å². The Morgan fingerprint density at radius 1 is 1.53 bits per heavy atom. The highest BCUT2D eigenvalue weighted by Crippen LogP contribution is 2.31. The molecule has 0 aliphatic heterocycles. The maximum atomic E-state index is 13.4. The summed E-state index contributed by atoms with van der Waals surface area (Å²) in [5, 5.41) is 12.1. The van der Waals surface area contributed by atoms with Crippen LogP contribution in [0.3, 0.4) is 0 Å². The van der Waals surface area contributed by atoms with E-state index in [9.17, 15) is 9.18 Å². The normalized spacial score (nSPS) is 17.3. The van der Waals surface area contributed by atoms with E-state index in [2.05, 4.69) is 5.32 Å². The minimum Gasteiger partial charge on any atom is -0.478 e. The Labute approximate surface area is 99.7 Å². The fourth-order valence-electron chi connectivity index (χ4n) is 2.16. The summed E-state index contributed by atoms with van der Waals surface area (Å²) < 4.78 is 13.4. The van der Waals surface area contributed by atoms with Gasteiger partial charge in [-0.2, -0.15) is 0 Å². The van der Waals surface area contributed by atoms with Crippen molar-refractivity contribution in [2.75, 3.05) is 5.32 Å². The Morgan fingerprint density at radius 2 is 2.24 bits per heavy atom. The molecule has 1 saturated carbocycles. The molecule has 0 heterocycles. The first-order valence-corrected chi connectivity index (χ1v) is 5.88. The molecule has 4 heteroatoms. The van der Waals surface area contributed by atoms with Crippen molar-refractivity contribution < 1.29 is 14.3 Å². The van der Waals surface area contributed by atoms with Crippen LogP contribution in [-0.4, -0.2) is 17.1 Å². The second-order valence-electron chi connectivity index (χ2n) is 4.59. The lowest BCUT2D eigenvalue weighted by Gasteiger charge is -2.32. The van der Waals surface area contributed by atoms with Gasteiger partial charge in [-0.15, -0.1) is 0 Å². The van der Waals surface area contributed by atoms with Crippen molar-refractivity contribution in [3.8, 4) is 0 Å². The molecule has 92 valence electrons. The monoisotopic (exact) mass is 237 g/mol. The molecule has 0 radical (unpaired) electrons. The summed E-state index contributed by atoms with van der Waals surface area (Å²) in [4.78, 5) is 11.0. The molecule has 1 atom stereocenters. The summed E-state index contributed by atoms with van der Waals surface area (Å²) in [5.74, 6) is -1.35. The number of hydrogen-bond acceptors (Lipinski definition) is 2. The summed E-state index contributed by atoms with van der Waals surface area (Å²) in [6, 6.07) is 4.49. The van der Waals surface area contributed by atoms with Crippen molar-refractivity contribution in [3.63, 3.8) is 0 Å². The molecule has 17 heavy (non-hydrogen) atoms. The maximum absolute atomic E-state index is 13.4. The molecule has 1 aliphatic carbocycles. The molecule has 3 nitrogen and oxygen atoms in total. The summed E-state index contributed by atoms with van der Waals surface area (Å²) >= 11 is 0. The first kappa shape index (κ1) is 11.9. The van der Waals surface area contributed by atoms with Gasteiger partial charge in [0.15, 0.2) is 0 Å². The minimum atomic E-state index is -1.23. The highest BCUT2D eigenvalue weighted by molar-refractivity contribution is 5.94. The molecular weight excluding hydrogens is 221 g/mol. The van der Waals surface area contributed by atoms with Crippen LogP contribution in [0.5, 0.6) is 0 Å². The second-order valence-corrected chi connectivity index (χ2v) is 4.59. The van der Waals surface area contributed by atoms with Crippen molar-refractivity contribution in [3.05, 3.63) is 29.6 Å². The Balaban J connectivity index is 2.19. The Morgan fingerprint density at radius 3 is 2.76 bits per heavy atom. The largest absolute Gasteiger partial charge is 0.478 e. The van der Waals surface area contributed by atoms with E-state index >= 15 is 0 Å². The molecule has 0 amide bonds. The van der Waals surface area contributed by atoms with Crippen molar-refractivity contribution in [1.29, 1.82) is 0 Å². The zero-order valence-corrected chi connectivity index (χ0v) is 9.74. The van der Waals surface area contributed by atoms with Crippen LogP contribution < -0.4 is 5.32 Å². The predicted octanol–water partition coefficient (Wildman–Crippen LogP) is 3.12. The third kappa shape index (κ3) is 2.40. The third-order valence-electron chi connectivity index (χ3n) is 3.47. The van der Waals surface area contributed by atoms with Gasteiger partial charge in [0.25, 0.3) is 0 Å². The fraction of sp³-hybridized carbons (Fsp3) is 0.462. The lowest BCUT2D eigenvalue weighted by Crippen LogP contribution is -2.31. The van der Waals surface area contributed by atoms with Crippen LogP contribution in [0, 0.1) is 11.7 Å². The van der Waals surface area contributed by atoms with Crippen LogP contribution >= 0.6 is 0 Å².